The Bertz CT molecular complexity index is 448. The van der Waals surface area contributed by atoms with Gasteiger partial charge in [-0.3, -0.25) is 9.98 Å². The summed E-state index contributed by atoms with van der Waals surface area (Å²) in [5.41, 5.74) is 0.842. The summed E-state index contributed by atoms with van der Waals surface area (Å²) in [6.07, 6.45) is 9.12. The quantitative estimate of drug-likeness (QED) is 0.330. The van der Waals surface area contributed by atoms with Gasteiger partial charge in [0.15, 0.2) is 5.96 Å². The number of unbranched alkanes of at least 4 members (excludes halogenated alkanes) is 3. The third kappa shape index (κ3) is 9.50. The lowest BCUT2D eigenvalue weighted by Gasteiger charge is -2.13. The zero-order valence-corrected chi connectivity index (χ0v) is 15.5. The summed E-state index contributed by atoms with van der Waals surface area (Å²) in [6.45, 7) is 8.67. The van der Waals surface area contributed by atoms with Crippen molar-refractivity contribution < 1.29 is 5.11 Å². The first kappa shape index (κ1) is 20.4. The highest BCUT2D eigenvalue weighted by Crippen LogP contribution is 2.11. The SMILES string of the molecule is CCNC(=NCC(O)c1ccncc1)NCCCCCCC(C)C. The molecule has 0 aliphatic carbocycles. The van der Waals surface area contributed by atoms with Crippen molar-refractivity contribution in [1.29, 1.82) is 0 Å². The number of hydrogen-bond donors (Lipinski definition) is 3. The average Bonchev–Trinajstić information content (AvgIpc) is 2.58. The first-order chi connectivity index (χ1) is 11.6. The highest BCUT2D eigenvalue weighted by atomic mass is 16.3. The lowest BCUT2D eigenvalue weighted by atomic mass is 10.0. The van der Waals surface area contributed by atoms with Crippen molar-refractivity contribution in [2.45, 2.75) is 59.0 Å². The zero-order chi connectivity index (χ0) is 17.6. The van der Waals surface area contributed by atoms with Crippen molar-refractivity contribution in [3.63, 3.8) is 0 Å². The summed E-state index contributed by atoms with van der Waals surface area (Å²) in [6, 6.07) is 3.63. The molecule has 1 unspecified atom stereocenters. The van der Waals surface area contributed by atoms with Crippen LogP contribution in [-0.4, -0.2) is 35.7 Å². The van der Waals surface area contributed by atoms with Crippen LogP contribution in [0.1, 0.15) is 64.5 Å². The Hall–Kier alpha value is -1.62. The van der Waals surface area contributed by atoms with Crippen LogP contribution in [0.15, 0.2) is 29.5 Å². The molecule has 136 valence electrons. The third-order valence-corrected chi connectivity index (χ3v) is 3.86. The maximum absolute atomic E-state index is 10.2. The molecule has 1 aromatic rings. The molecule has 3 N–H and O–H groups in total. The lowest BCUT2D eigenvalue weighted by Crippen LogP contribution is -2.38. The first-order valence-corrected chi connectivity index (χ1v) is 9.23. The normalized spacial score (nSPS) is 13.1. The molecule has 0 radical (unpaired) electrons. The molecule has 1 aromatic heterocycles. The van der Waals surface area contributed by atoms with Crippen LogP contribution in [0.2, 0.25) is 0 Å². The van der Waals surface area contributed by atoms with Crippen LogP contribution >= 0.6 is 0 Å². The lowest BCUT2D eigenvalue weighted by molar-refractivity contribution is 0.187. The molecule has 1 atom stereocenters. The van der Waals surface area contributed by atoms with Crippen molar-refractivity contribution in [3.05, 3.63) is 30.1 Å². The number of aromatic nitrogens is 1. The maximum Gasteiger partial charge on any atom is 0.191 e. The Morgan fingerprint density at radius 1 is 1.12 bits per heavy atom. The van der Waals surface area contributed by atoms with Crippen LogP contribution < -0.4 is 10.6 Å². The molecule has 0 fully saturated rings. The van der Waals surface area contributed by atoms with Gasteiger partial charge in [0.1, 0.15) is 0 Å². The Labute approximate surface area is 147 Å². The molecule has 1 heterocycles. The molecule has 0 saturated heterocycles. The average molecular weight is 335 g/mol. The largest absolute Gasteiger partial charge is 0.386 e. The van der Waals surface area contributed by atoms with E-state index < -0.39 is 6.10 Å². The van der Waals surface area contributed by atoms with Crippen LogP contribution in [0.3, 0.4) is 0 Å². The van der Waals surface area contributed by atoms with E-state index in [4.69, 9.17) is 0 Å². The van der Waals surface area contributed by atoms with E-state index in [0.29, 0.717) is 6.54 Å². The molecule has 5 nitrogen and oxygen atoms in total. The summed E-state index contributed by atoms with van der Waals surface area (Å²) in [4.78, 5) is 8.43. The van der Waals surface area contributed by atoms with Crippen LogP contribution in [0, 0.1) is 5.92 Å². The smallest absolute Gasteiger partial charge is 0.191 e. The van der Waals surface area contributed by atoms with Gasteiger partial charge >= 0.3 is 0 Å². The summed E-state index contributed by atoms with van der Waals surface area (Å²) < 4.78 is 0. The number of nitrogens with zero attached hydrogens (tertiary/aromatic N) is 2. The van der Waals surface area contributed by atoms with Crippen LogP contribution in [-0.2, 0) is 0 Å². The fourth-order valence-corrected chi connectivity index (χ4v) is 2.45. The fraction of sp³-hybridized carbons (Fsp3) is 0.684. The highest BCUT2D eigenvalue weighted by Gasteiger charge is 2.06. The van der Waals surface area contributed by atoms with Crippen molar-refractivity contribution in [2.24, 2.45) is 10.9 Å². The Morgan fingerprint density at radius 2 is 1.83 bits per heavy atom. The van der Waals surface area contributed by atoms with Gasteiger partial charge in [0, 0.05) is 25.5 Å². The Balaban J connectivity index is 2.27. The van der Waals surface area contributed by atoms with Gasteiger partial charge in [0.25, 0.3) is 0 Å². The molecule has 0 aromatic carbocycles. The zero-order valence-electron chi connectivity index (χ0n) is 15.5. The van der Waals surface area contributed by atoms with Crippen LogP contribution in [0.4, 0.5) is 0 Å². The van der Waals surface area contributed by atoms with E-state index in [1.807, 2.05) is 19.1 Å². The number of aliphatic imine (C=N–C) groups is 1. The Morgan fingerprint density at radius 3 is 2.50 bits per heavy atom. The van der Waals surface area contributed by atoms with Gasteiger partial charge in [-0.15, -0.1) is 0 Å². The van der Waals surface area contributed by atoms with Crippen molar-refractivity contribution in [2.75, 3.05) is 19.6 Å². The molecule has 0 bridgehead atoms. The number of nitrogens with one attached hydrogen (secondary N) is 2. The second-order valence-corrected chi connectivity index (χ2v) is 6.54. The van der Waals surface area contributed by atoms with Crippen molar-refractivity contribution >= 4 is 5.96 Å². The van der Waals surface area contributed by atoms with E-state index in [-0.39, 0.29) is 0 Å². The van der Waals surface area contributed by atoms with Crippen LogP contribution in [0.5, 0.6) is 0 Å². The summed E-state index contributed by atoms with van der Waals surface area (Å²) in [7, 11) is 0. The standard InChI is InChI=1S/C19H34N4O/c1-4-21-19(22-12-8-6-5-7-9-16(2)3)23-15-18(24)17-10-13-20-14-11-17/h10-11,13-14,16,18,24H,4-9,12,15H2,1-3H3,(H2,21,22,23). The van der Waals surface area contributed by atoms with E-state index in [9.17, 15) is 5.11 Å². The summed E-state index contributed by atoms with van der Waals surface area (Å²) in [5, 5.41) is 16.7. The monoisotopic (exact) mass is 334 g/mol. The van der Waals surface area contributed by atoms with E-state index in [2.05, 4.69) is 34.5 Å². The molecule has 0 aliphatic heterocycles. The van der Waals surface area contributed by atoms with Gasteiger partial charge in [-0.05, 0) is 37.0 Å². The van der Waals surface area contributed by atoms with E-state index in [1.165, 1.54) is 25.7 Å². The van der Waals surface area contributed by atoms with Gasteiger partial charge in [-0.2, -0.15) is 0 Å². The van der Waals surface area contributed by atoms with Crippen LogP contribution in [0.25, 0.3) is 0 Å². The molecular weight excluding hydrogens is 300 g/mol. The van der Waals surface area contributed by atoms with Gasteiger partial charge < -0.3 is 15.7 Å². The predicted molar refractivity (Wildman–Crippen MR) is 101 cm³/mol. The topological polar surface area (TPSA) is 69.5 Å². The number of pyridine rings is 1. The van der Waals surface area contributed by atoms with Gasteiger partial charge in [0.2, 0.25) is 0 Å². The Kier molecular flexibility index (Phi) is 10.9. The summed E-state index contributed by atoms with van der Waals surface area (Å²) >= 11 is 0. The molecule has 0 saturated carbocycles. The number of hydrogen-bond acceptors (Lipinski definition) is 3. The van der Waals surface area contributed by atoms with Gasteiger partial charge in [-0.1, -0.05) is 39.5 Å². The minimum Gasteiger partial charge on any atom is -0.386 e. The molecule has 0 aliphatic rings. The van der Waals surface area contributed by atoms with E-state index in [1.54, 1.807) is 12.4 Å². The molecule has 0 amide bonds. The molecule has 24 heavy (non-hydrogen) atoms. The molecule has 0 spiro atoms. The number of rotatable bonds is 11. The number of guanidine groups is 1. The minimum atomic E-state index is -0.598. The second-order valence-electron chi connectivity index (χ2n) is 6.54. The van der Waals surface area contributed by atoms with Gasteiger partial charge in [0.05, 0.1) is 12.6 Å². The fourth-order valence-electron chi connectivity index (χ4n) is 2.45. The van der Waals surface area contributed by atoms with Crippen molar-refractivity contribution in [3.8, 4) is 0 Å². The highest BCUT2D eigenvalue weighted by molar-refractivity contribution is 5.79. The number of aliphatic hydroxyl groups excluding tert-OH is 1. The summed E-state index contributed by atoms with van der Waals surface area (Å²) in [5.74, 6) is 1.58. The predicted octanol–water partition coefficient (Wildman–Crippen LogP) is 3.28. The first-order valence-electron chi connectivity index (χ1n) is 9.23. The van der Waals surface area contributed by atoms with Gasteiger partial charge in [-0.25, -0.2) is 0 Å². The second kappa shape index (κ2) is 12.8. The third-order valence-electron chi connectivity index (χ3n) is 3.86. The van der Waals surface area contributed by atoms with E-state index in [0.717, 1.165) is 37.0 Å². The molecule has 5 heteroatoms. The van der Waals surface area contributed by atoms with E-state index >= 15 is 0 Å². The molecule has 1 rings (SSSR count). The molecular formula is C19H34N4O. The number of aliphatic hydroxyl groups is 1. The maximum atomic E-state index is 10.2. The minimum absolute atomic E-state index is 0.341. The van der Waals surface area contributed by atoms with Crippen molar-refractivity contribution in [1.82, 2.24) is 15.6 Å².